The van der Waals surface area contributed by atoms with Crippen LogP contribution >= 0.6 is 11.8 Å². The van der Waals surface area contributed by atoms with Crippen molar-refractivity contribution in [1.82, 2.24) is 15.0 Å². The molecule has 2 heterocycles. The molecule has 0 radical (unpaired) electrons. The van der Waals surface area contributed by atoms with Crippen LogP contribution in [-0.4, -0.2) is 21.6 Å². The van der Waals surface area contributed by atoms with Crippen LogP contribution in [0.4, 0.5) is 0 Å². The van der Waals surface area contributed by atoms with E-state index in [0.717, 1.165) is 38.9 Å². The van der Waals surface area contributed by atoms with Gasteiger partial charge in [-0.3, -0.25) is 4.98 Å². The lowest BCUT2D eigenvalue weighted by Crippen LogP contribution is -1.99. The Hall–Kier alpha value is -2.27. The zero-order chi connectivity index (χ0) is 15.4. The van der Waals surface area contributed by atoms with Gasteiger partial charge in [0.1, 0.15) is 12.4 Å². The summed E-state index contributed by atoms with van der Waals surface area (Å²) in [5, 5.41) is 0.903. The van der Waals surface area contributed by atoms with E-state index >= 15 is 0 Å². The molecule has 0 unspecified atom stereocenters. The third-order valence-corrected chi connectivity index (χ3v) is 4.21. The highest BCUT2D eigenvalue weighted by molar-refractivity contribution is 7.98. The average molecular weight is 311 g/mol. The molecule has 0 fully saturated rings. The molecule has 1 N–H and O–H groups in total. The van der Waals surface area contributed by atoms with Gasteiger partial charge in [0.05, 0.1) is 16.7 Å². The maximum atomic E-state index is 5.64. The number of hydrogen-bond donors (Lipinski definition) is 1. The number of aromatic nitrogens is 3. The molecule has 0 amide bonds. The van der Waals surface area contributed by atoms with E-state index < -0.39 is 0 Å². The smallest absolute Gasteiger partial charge is 0.166 e. The van der Waals surface area contributed by atoms with Crippen LogP contribution in [0.2, 0.25) is 0 Å². The van der Waals surface area contributed by atoms with Gasteiger partial charge in [0, 0.05) is 17.5 Å². The van der Waals surface area contributed by atoms with Crippen molar-refractivity contribution in [3.63, 3.8) is 0 Å². The van der Waals surface area contributed by atoms with E-state index in [4.69, 9.17) is 4.74 Å². The Kier molecular flexibility index (Phi) is 4.44. The monoisotopic (exact) mass is 311 g/mol. The molecular weight excluding hydrogens is 294 g/mol. The molecule has 1 aromatic carbocycles. The van der Waals surface area contributed by atoms with Crippen molar-refractivity contribution >= 4 is 22.8 Å². The minimum atomic E-state index is 0.501. The van der Waals surface area contributed by atoms with Gasteiger partial charge in [-0.05, 0) is 25.1 Å². The number of ether oxygens (including phenoxy) is 1. The van der Waals surface area contributed by atoms with E-state index in [9.17, 15) is 0 Å². The summed E-state index contributed by atoms with van der Waals surface area (Å²) < 4.78 is 5.64. The molecule has 0 aliphatic carbocycles. The summed E-state index contributed by atoms with van der Waals surface area (Å²) in [4.78, 5) is 12.3. The number of pyridine rings is 1. The minimum Gasteiger partial charge on any atom is -0.489 e. The predicted molar refractivity (Wildman–Crippen MR) is 90.3 cm³/mol. The lowest BCUT2D eigenvalue weighted by atomic mass is 10.2. The van der Waals surface area contributed by atoms with Crippen LogP contribution in [0, 0.1) is 6.92 Å². The zero-order valence-electron chi connectivity index (χ0n) is 12.4. The molecule has 4 nitrogen and oxygen atoms in total. The summed E-state index contributed by atoms with van der Waals surface area (Å²) in [6, 6.07) is 9.90. The number of hydrogen-bond acceptors (Lipinski definition) is 4. The van der Waals surface area contributed by atoms with E-state index in [1.165, 1.54) is 0 Å². The quantitative estimate of drug-likeness (QED) is 0.549. The number of benzene rings is 1. The highest BCUT2D eigenvalue weighted by Gasteiger charge is 2.09. The highest BCUT2D eigenvalue weighted by Crippen LogP contribution is 2.26. The summed E-state index contributed by atoms with van der Waals surface area (Å²) in [5.74, 6) is 1.60. The van der Waals surface area contributed by atoms with Crippen LogP contribution in [0.3, 0.4) is 0 Å². The second-order valence-corrected chi connectivity index (χ2v) is 5.79. The Bertz CT molecular complexity index is 764. The van der Waals surface area contributed by atoms with Crippen molar-refractivity contribution < 1.29 is 4.74 Å². The van der Waals surface area contributed by atoms with Crippen LogP contribution in [0.15, 0.2) is 54.3 Å². The second kappa shape index (κ2) is 6.66. The maximum Gasteiger partial charge on any atom is 0.166 e. The van der Waals surface area contributed by atoms with Crippen molar-refractivity contribution in [2.24, 2.45) is 0 Å². The molecule has 0 aliphatic heterocycles. The van der Waals surface area contributed by atoms with Crippen molar-refractivity contribution in [3.05, 3.63) is 60.4 Å². The van der Waals surface area contributed by atoms with E-state index in [1.807, 2.05) is 37.3 Å². The number of fused-ring (bicyclic) bond motifs is 1. The number of thioether (sulfide) groups is 1. The van der Waals surface area contributed by atoms with Gasteiger partial charge in [0.25, 0.3) is 0 Å². The molecule has 5 heteroatoms. The summed E-state index contributed by atoms with van der Waals surface area (Å²) in [7, 11) is 0. The van der Waals surface area contributed by atoms with Gasteiger partial charge in [0.2, 0.25) is 0 Å². The van der Waals surface area contributed by atoms with Gasteiger partial charge >= 0.3 is 0 Å². The number of para-hydroxylation sites is 2. The fourth-order valence-corrected chi connectivity index (χ4v) is 3.05. The fraction of sp³-hybridized carbons (Fsp3) is 0.176. The molecular formula is C17H17N3OS. The van der Waals surface area contributed by atoms with Crippen molar-refractivity contribution in [1.29, 1.82) is 0 Å². The normalized spacial score (nSPS) is 10.8. The standard InChI is InChI=1S/C17H17N3OS/c1-3-10-21-16-8-9-18-15(12(16)2)11-22-17-19-13-6-4-5-7-14(13)20-17/h3-9H,1,10-11H2,2H3,(H,19,20). The number of nitrogens with zero attached hydrogens (tertiary/aromatic N) is 2. The lowest BCUT2D eigenvalue weighted by molar-refractivity contribution is 0.359. The zero-order valence-corrected chi connectivity index (χ0v) is 13.2. The van der Waals surface area contributed by atoms with Gasteiger partial charge in [-0.1, -0.05) is 36.5 Å². The first kappa shape index (κ1) is 14.7. The first-order valence-electron chi connectivity index (χ1n) is 7.03. The molecule has 0 saturated carbocycles. The second-order valence-electron chi connectivity index (χ2n) is 4.83. The topological polar surface area (TPSA) is 50.8 Å². The molecule has 0 bridgehead atoms. The third-order valence-electron chi connectivity index (χ3n) is 3.33. The lowest BCUT2D eigenvalue weighted by Gasteiger charge is -2.10. The Morgan fingerprint density at radius 3 is 3.00 bits per heavy atom. The Morgan fingerprint density at radius 2 is 2.18 bits per heavy atom. The van der Waals surface area contributed by atoms with Crippen molar-refractivity contribution in [2.75, 3.05) is 6.61 Å². The van der Waals surface area contributed by atoms with Gasteiger partial charge in [0.15, 0.2) is 5.16 Å². The number of nitrogens with one attached hydrogen (secondary N) is 1. The van der Waals surface area contributed by atoms with E-state index in [2.05, 4.69) is 21.5 Å². The van der Waals surface area contributed by atoms with Gasteiger partial charge in [-0.2, -0.15) is 0 Å². The summed E-state index contributed by atoms with van der Waals surface area (Å²) in [6.45, 7) is 6.20. The molecule has 0 aliphatic rings. The molecule has 3 rings (SSSR count). The summed E-state index contributed by atoms with van der Waals surface area (Å²) in [6.07, 6.45) is 3.52. The number of imidazole rings is 1. The molecule has 0 atom stereocenters. The van der Waals surface area contributed by atoms with E-state index in [1.54, 1.807) is 24.0 Å². The van der Waals surface area contributed by atoms with Crippen LogP contribution < -0.4 is 4.74 Å². The Balaban J connectivity index is 1.74. The highest BCUT2D eigenvalue weighted by atomic mass is 32.2. The number of H-pyrrole nitrogens is 1. The van der Waals surface area contributed by atoms with Gasteiger partial charge in [-0.15, -0.1) is 0 Å². The summed E-state index contributed by atoms with van der Waals surface area (Å²) in [5.41, 5.74) is 4.11. The van der Waals surface area contributed by atoms with Gasteiger partial charge in [-0.25, -0.2) is 4.98 Å². The number of aromatic amines is 1. The van der Waals surface area contributed by atoms with Crippen LogP contribution in [0.5, 0.6) is 5.75 Å². The SMILES string of the molecule is C=CCOc1ccnc(CSc2nc3ccccc3[nH]2)c1C. The maximum absolute atomic E-state index is 5.64. The Labute approximate surface area is 133 Å². The van der Waals surface area contributed by atoms with E-state index in [0.29, 0.717) is 6.61 Å². The van der Waals surface area contributed by atoms with Crippen molar-refractivity contribution in [2.45, 2.75) is 17.8 Å². The third kappa shape index (κ3) is 3.14. The summed E-state index contributed by atoms with van der Waals surface area (Å²) >= 11 is 1.64. The number of rotatable bonds is 6. The van der Waals surface area contributed by atoms with Crippen LogP contribution in [0.1, 0.15) is 11.3 Å². The van der Waals surface area contributed by atoms with Crippen LogP contribution in [-0.2, 0) is 5.75 Å². The fourth-order valence-electron chi connectivity index (χ4n) is 2.14. The molecule has 2 aromatic heterocycles. The average Bonchev–Trinajstić information content (AvgIpc) is 2.95. The Morgan fingerprint density at radius 1 is 1.32 bits per heavy atom. The first-order chi connectivity index (χ1) is 10.8. The van der Waals surface area contributed by atoms with Crippen molar-refractivity contribution in [3.8, 4) is 5.75 Å². The van der Waals surface area contributed by atoms with E-state index in [-0.39, 0.29) is 0 Å². The predicted octanol–water partition coefficient (Wildman–Crippen LogP) is 4.12. The molecule has 112 valence electrons. The molecule has 0 saturated heterocycles. The van der Waals surface area contributed by atoms with Gasteiger partial charge < -0.3 is 9.72 Å². The van der Waals surface area contributed by atoms with Crippen LogP contribution in [0.25, 0.3) is 11.0 Å². The largest absolute Gasteiger partial charge is 0.489 e. The minimum absolute atomic E-state index is 0.501. The molecule has 3 aromatic rings. The molecule has 0 spiro atoms. The molecule has 22 heavy (non-hydrogen) atoms. The first-order valence-corrected chi connectivity index (χ1v) is 8.02.